The van der Waals surface area contributed by atoms with Crippen LogP contribution in [0, 0.1) is 0 Å². The Labute approximate surface area is 74.5 Å². The summed E-state index contributed by atoms with van der Waals surface area (Å²) in [7, 11) is 0. The lowest BCUT2D eigenvalue weighted by Gasteiger charge is -2.10. The Bertz CT molecular complexity index is 384. The molecule has 1 aliphatic heterocycles. The minimum absolute atomic E-state index is 0.192. The van der Waals surface area contributed by atoms with Gasteiger partial charge >= 0.3 is 5.97 Å². The van der Waals surface area contributed by atoms with Crippen molar-refractivity contribution in [1.29, 1.82) is 0 Å². The maximum atomic E-state index is 10.6. The number of carboxylic acids is 1. The second-order valence-electron chi connectivity index (χ2n) is 2.69. The topological polar surface area (TPSA) is 59.4 Å². The van der Waals surface area contributed by atoms with E-state index in [1.54, 1.807) is 18.4 Å². The Hall–Kier alpha value is -1.84. The van der Waals surface area contributed by atoms with Crippen LogP contribution < -0.4 is 0 Å². The molecule has 66 valence electrons. The van der Waals surface area contributed by atoms with E-state index in [2.05, 4.69) is 4.98 Å². The molecule has 1 aromatic heterocycles. The van der Waals surface area contributed by atoms with Crippen LogP contribution in [-0.4, -0.2) is 16.1 Å². The van der Waals surface area contributed by atoms with E-state index < -0.39 is 5.97 Å². The average molecular weight is 177 g/mol. The molecule has 13 heavy (non-hydrogen) atoms. The molecular weight excluding hydrogens is 170 g/mol. The fourth-order valence-corrected chi connectivity index (χ4v) is 1.15. The smallest absolute Gasteiger partial charge is 0.337 e. The van der Waals surface area contributed by atoms with Crippen LogP contribution in [0.4, 0.5) is 0 Å². The number of carboxylic acid groups (broad SMARTS) is 1. The number of carbonyl (C=O) groups is 1. The van der Waals surface area contributed by atoms with Crippen LogP contribution in [0.15, 0.2) is 18.5 Å². The summed E-state index contributed by atoms with van der Waals surface area (Å²) in [4.78, 5) is 14.6. The summed E-state index contributed by atoms with van der Waals surface area (Å²) < 4.78 is 5.02. The fourth-order valence-electron chi connectivity index (χ4n) is 1.15. The van der Waals surface area contributed by atoms with Crippen LogP contribution in [0.5, 0.6) is 0 Å². The summed E-state index contributed by atoms with van der Waals surface area (Å²) in [5.41, 5.74) is 1.77. The Morgan fingerprint density at radius 1 is 1.62 bits per heavy atom. The van der Waals surface area contributed by atoms with E-state index in [-0.39, 0.29) is 5.56 Å². The van der Waals surface area contributed by atoms with E-state index in [9.17, 15) is 4.79 Å². The molecule has 0 saturated carbocycles. The molecule has 2 heterocycles. The summed E-state index contributed by atoms with van der Waals surface area (Å²) in [5.74, 6) is -0.968. The van der Waals surface area contributed by atoms with Crippen LogP contribution in [0.25, 0.3) is 6.08 Å². The summed E-state index contributed by atoms with van der Waals surface area (Å²) in [6.45, 7) is 0.389. The minimum Gasteiger partial charge on any atom is -0.496 e. The molecule has 0 spiro atoms. The summed E-state index contributed by atoms with van der Waals surface area (Å²) in [6, 6.07) is 1.58. The van der Waals surface area contributed by atoms with Gasteiger partial charge in [0.25, 0.3) is 0 Å². The SMILES string of the molecule is O=C(O)c1cnc2c(c1)COC=C2. The highest BCUT2D eigenvalue weighted by molar-refractivity contribution is 5.87. The lowest BCUT2D eigenvalue weighted by atomic mass is 10.1. The zero-order chi connectivity index (χ0) is 9.26. The lowest BCUT2D eigenvalue weighted by Crippen LogP contribution is -2.04. The molecule has 0 unspecified atom stereocenters. The molecule has 1 aliphatic rings. The van der Waals surface area contributed by atoms with Crippen molar-refractivity contribution >= 4 is 12.0 Å². The predicted octanol–water partition coefficient (Wildman–Crippen LogP) is 1.28. The number of pyridine rings is 1. The minimum atomic E-state index is -0.968. The monoisotopic (exact) mass is 177 g/mol. The fraction of sp³-hybridized carbons (Fsp3) is 0.111. The average Bonchev–Trinajstić information content (AvgIpc) is 2.17. The van der Waals surface area contributed by atoms with Crippen LogP contribution in [0.3, 0.4) is 0 Å². The van der Waals surface area contributed by atoms with E-state index in [4.69, 9.17) is 9.84 Å². The summed E-state index contributed by atoms with van der Waals surface area (Å²) >= 11 is 0. The Morgan fingerprint density at radius 2 is 2.46 bits per heavy atom. The number of fused-ring (bicyclic) bond motifs is 1. The van der Waals surface area contributed by atoms with Crippen molar-refractivity contribution in [2.75, 3.05) is 0 Å². The standard InChI is InChI=1S/C9H7NO3/c11-9(12)6-3-7-5-13-2-1-8(7)10-4-6/h1-4H,5H2,(H,11,12). The van der Waals surface area contributed by atoms with Crippen LogP contribution in [0.2, 0.25) is 0 Å². The van der Waals surface area contributed by atoms with Gasteiger partial charge in [0, 0.05) is 11.8 Å². The van der Waals surface area contributed by atoms with E-state index in [1.165, 1.54) is 6.20 Å². The number of rotatable bonds is 1. The van der Waals surface area contributed by atoms with Gasteiger partial charge in [-0.3, -0.25) is 4.98 Å². The van der Waals surface area contributed by atoms with Gasteiger partial charge < -0.3 is 9.84 Å². The van der Waals surface area contributed by atoms with E-state index in [1.807, 2.05) is 0 Å². The zero-order valence-corrected chi connectivity index (χ0v) is 6.73. The van der Waals surface area contributed by atoms with Gasteiger partial charge in [-0.15, -0.1) is 0 Å². The molecule has 0 fully saturated rings. The van der Waals surface area contributed by atoms with Crippen molar-refractivity contribution in [3.63, 3.8) is 0 Å². The van der Waals surface area contributed by atoms with Crippen molar-refractivity contribution in [3.05, 3.63) is 35.3 Å². The molecule has 0 amide bonds. The number of hydrogen-bond acceptors (Lipinski definition) is 3. The number of aromatic carboxylic acids is 1. The third-order valence-corrected chi connectivity index (χ3v) is 1.81. The van der Waals surface area contributed by atoms with Crippen molar-refractivity contribution in [2.45, 2.75) is 6.61 Å². The quantitative estimate of drug-likeness (QED) is 0.701. The maximum Gasteiger partial charge on any atom is 0.337 e. The molecule has 4 nitrogen and oxygen atoms in total. The second kappa shape index (κ2) is 2.90. The first kappa shape index (κ1) is 7.79. The molecule has 4 heteroatoms. The number of hydrogen-bond donors (Lipinski definition) is 1. The predicted molar refractivity (Wildman–Crippen MR) is 45.0 cm³/mol. The molecule has 0 atom stereocenters. The summed E-state index contributed by atoms with van der Waals surface area (Å²) in [6.07, 6.45) is 4.61. The molecule has 1 aromatic rings. The van der Waals surface area contributed by atoms with Crippen LogP contribution >= 0.6 is 0 Å². The van der Waals surface area contributed by atoms with E-state index >= 15 is 0 Å². The molecule has 1 N–H and O–H groups in total. The van der Waals surface area contributed by atoms with Gasteiger partial charge in [-0.25, -0.2) is 4.79 Å². The highest BCUT2D eigenvalue weighted by atomic mass is 16.5. The molecule has 0 radical (unpaired) electrons. The molecular formula is C9H7NO3. The van der Waals surface area contributed by atoms with Gasteiger partial charge in [-0.05, 0) is 12.1 Å². The van der Waals surface area contributed by atoms with Gasteiger partial charge in [-0.1, -0.05) is 0 Å². The molecule has 2 rings (SSSR count). The van der Waals surface area contributed by atoms with Crippen molar-refractivity contribution < 1.29 is 14.6 Å². The van der Waals surface area contributed by atoms with Crippen LogP contribution in [0.1, 0.15) is 21.6 Å². The maximum absolute atomic E-state index is 10.6. The second-order valence-corrected chi connectivity index (χ2v) is 2.69. The van der Waals surface area contributed by atoms with Crippen LogP contribution in [-0.2, 0) is 11.3 Å². The Balaban J connectivity index is 2.48. The first-order valence-electron chi connectivity index (χ1n) is 3.78. The highest BCUT2D eigenvalue weighted by Gasteiger charge is 2.10. The third-order valence-electron chi connectivity index (χ3n) is 1.81. The Morgan fingerprint density at radius 3 is 3.23 bits per heavy atom. The van der Waals surface area contributed by atoms with Gasteiger partial charge in [-0.2, -0.15) is 0 Å². The highest BCUT2D eigenvalue weighted by Crippen LogP contribution is 2.16. The number of aromatic nitrogens is 1. The third kappa shape index (κ3) is 1.38. The van der Waals surface area contributed by atoms with Gasteiger partial charge in [0.05, 0.1) is 17.5 Å². The first-order chi connectivity index (χ1) is 6.27. The molecule has 0 saturated heterocycles. The molecule has 0 bridgehead atoms. The van der Waals surface area contributed by atoms with Gasteiger partial charge in [0.1, 0.15) is 6.61 Å². The zero-order valence-electron chi connectivity index (χ0n) is 6.73. The molecule has 0 aliphatic carbocycles. The van der Waals surface area contributed by atoms with Crippen molar-refractivity contribution in [1.82, 2.24) is 4.98 Å². The lowest BCUT2D eigenvalue weighted by molar-refractivity contribution is 0.0696. The Kier molecular flexibility index (Phi) is 1.73. The largest absolute Gasteiger partial charge is 0.496 e. The van der Waals surface area contributed by atoms with Crippen molar-refractivity contribution in [3.8, 4) is 0 Å². The van der Waals surface area contributed by atoms with Crippen molar-refractivity contribution in [2.24, 2.45) is 0 Å². The number of ether oxygens (including phenoxy) is 1. The van der Waals surface area contributed by atoms with Gasteiger partial charge in [0.15, 0.2) is 0 Å². The number of nitrogens with zero attached hydrogens (tertiary/aromatic N) is 1. The molecule has 0 aromatic carbocycles. The van der Waals surface area contributed by atoms with Gasteiger partial charge in [0.2, 0.25) is 0 Å². The summed E-state index contributed by atoms with van der Waals surface area (Å²) in [5, 5.41) is 8.69. The normalized spacial score (nSPS) is 13.2. The van der Waals surface area contributed by atoms with E-state index in [0.717, 1.165) is 11.3 Å². The van der Waals surface area contributed by atoms with E-state index in [0.29, 0.717) is 6.61 Å². The first-order valence-corrected chi connectivity index (χ1v) is 3.78.